The van der Waals surface area contributed by atoms with Crippen molar-refractivity contribution in [3.63, 3.8) is 0 Å². The molecule has 2 heterocycles. The van der Waals surface area contributed by atoms with Crippen LogP contribution in [0.1, 0.15) is 72.9 Å². The molecule has 0 saturated carbocycles. The average Bonchev–Trinajstić information content (AvgIpc) is 3.13. The molecule has 2 saturated heterocycles. The molecular weight excluding hydrogens is 825 g/mol. The summed E-state index contributed by atoms with van der Waals surface area (Å²) in [5.74, 6) is -0.716. The molecule has 6 atom stereocenters. The lowest BCUT2D eigenvalue weighted by Gasteiger charge is -2.57. The van der Waals surface area contributed by atoms with Gasteiger partial charge in [-0.15, -0.1) is 0 Å². The van der Waals surface area contributed by atoms with Gasteiger partial charge in [0.1, 0.15) is 48.7 Å². The first-order valence-electron chi connectivity index (χ1n) is 20.8. The number of amides is 2. The highest BCUT2D eigenvalue weighted by atomic mass is 28.4. The summed E-state index contributed by atoms with van der Waals surface area (Å²) >= 11 is 0. The Morgan fingerprint density at radius 2 is 0.984 bits per heavy atom. The van der Waals surface area contributed by atoms with Gasteiger partial charge in [-0.1, -0.05) is 110 Å². The third kappa shape index (κ3) is 10.7. The van der Waals surface area contributed by atoms with Crippen LogP contribution in [-0.2, 0) is 55.3 Å². The fourth-order valence-corrected chi connectivity index (χ4v) is 10.6. The van der Waals surface area contributed by atoms with E-state index in [0.717, 1.165) is 11.1 Å². The van der Waals surface area contributed by atoms with E-state index in [9.17, 15) is 24.3 Å². The van der Waals surface area contributed by atoms with Crippen LogP contribution in [0.5, 0.6) is 0 Å². The van der Waals surface area contributed by atoms with Gasteiger partial charge in [-0.2, -0.15) is 0 Å². The van der Waals surface area contributed by atoms with Gasteiger partial charge >= 0.3 is 0 Å². The average molecular weight is 895 g/mol. The molecule has 12 nitrogen and oxygen atoms in total. The highest BCUT2D eigenvalue weighted by Crippen LogP contribution is 2.47. The number of hydroxylamine groups is 4. The van der Waals surface area contributed by atoms with Crippen LogP contribution in [0.3, 0.4) is 0 Å². The zero-order valence-electron chi connectivity index (χ0n) is 37.7. The Hall–Kier alpha value is -3.39. The first-order chi connectivity index (χ1) is 27.6. The van der Waals surface area contributed by atoms with Crippen molar-refractivity contribution in [1.29, 1.82) is 0 Å². The lowest BCUT2D eigenvalue weighted by Crippen LogP contribution is -2.74. The van der Waals surface area contributed by atoms with Crippen molar-refractivity contribution >= 4 is 48.3 Å². The van der Waals surface area contributed by atoms with E-state index in [1.807, 2.05) is 73.8 Å². The fourth-order valence-electron chi connectivity index (χ4n) is 7.00. The second kappa shape index (κ2) is 18.4. The zero-order valence-corrected chi connectivity index (χ0v) is 40.7. The van der Waals surface area contributed by atoms with Gasteiger partial charge in [0.05, 0.1) is 12.8 Å². The zero-order chi connectivity index (χ0) is 44.7. The van der Waals surface area contributed by atoms with Gasteiger partial charge in [0.15, 0.2) is 36.5 Å². The summed E-state index contributed by atoms with van der Waals surface area (Å²) in [6.45, 7) is 27.7. The molecule has 4 aliphatic rings. The molecule has 1 N–H and O–H groups in total. The first-order valence-corrected chi connectivity index (χ1v) is 30.0. The van der Waals surface area contributed by atoms with E-state index in [4.69, 9.17) is 23.0 Å². The number of rotatable bonds is 12. The van der Waals surface area contributed by atoms with Crippen LogP contribution in [0, 0.1) is 0 Å². The van der Waals surface area contributed by atoms with Crippen LogP contribution in [-0.4, -0.2) is 99.1 Å². The number of carbonyl (C=O) groups is 4. The SMILES string of the molecule is C.CC(C)(C)[Si](C)(C)O[C@@H]1C(=O)C=C[C@]2(CC(=O)N2OCc2ccccc2)[C@@H]1O.CC(C)(C)[Si](C)(C)O[C@@H]1C(=O)C=C[C@]2(CC(=O)N2OCc2ccccc2)[C@@H]1O[Si](C)(C)C. The number of hydrogen-bond donors (Lipinski definition) is 1. The molecule has 2 aromatic carbocycles. The molecular formula is C46H70N2O10Si3. The molecule has 2 spiro atoms. The summed E-state index contributed by atoms with van der Waals surface area (Å²) in [5, 5.41) is 13.5. The van der Waals surface area contributed by atoms with E-state index < -0.39 is 60.4 Å². The van der Waals surface area contributed by atoms with Crippen LogP contribution in [0.4, 0.5) is 0 Å². The Morgan fingerprint density at radius 1 is 0.607 bits per heavy atom. The van der Waals surface area contributed by atoms with Gasteiger partial charge in [-0.05, 0) is 91.3 Å². The van der Waals surface area contributed by atoms with E-state index in [1.165, 1.54) is 16.2 Å². The summed E-state index contributed by atoms with van der Waals surface area (Å²) in [7, 11) is -6.66. The number of aliphatic hydroxyl groups excluding tert-OH is 1. The van der Waals surface area contributed by atoms with E-state index in [-0.39, 0.29) is 66.9 Å². The minimum Gasteiger partial charge on any atom is -0.409 e. The Bertz CT molecular complexity index is 1950. The van der Waals surface area contributed by atoms with Crippen LogP contribution in [0.25, 0.3) is 0 Å². The topological polar surface area (TPSA) is 141 Å². The minimum atomic E-state index is -2.30. The largest absolute Gasteiger partial charge is 0.409 e. The molecule has 0 radical (unpaired) electrons. The van der Waals surface area contributed by atoms with Crippen molar-refractivity contribution in [3.8, 4) is 0 Å². The summed E-state index contributed by atoms with van der Waals surface area (Å²) in [4.78, 5) is 62.3. The molecule has 0 aromatic heterocycles. The van der Waals surface area contributed by atoms with E-state index in [1.54, 1.807) is 18.2 Å². The standard InChI is InChI=1S/C24H37NO5Si2.C21H29NO5Si.CH4/c1-23(2,3)32(7,8)29-21-19(26)14-15-24(22(21)30-31(4,5)6)16-20(27)25(24)28-17-18-12-10-9-11-13-18;1-20(2,3)28(4,5)27-18-16(23)11-12-21(19(18)25)13-17(24)22(21)26-14-15-9-7-6-8-10-15;/h9-15,21-22H,16-17H2,1-8H3;6-12,18-19,25H,13-14H2,1-5H3;1H4/t21-,22-,24+;18-,19-,21+;/m11./s1. The molecule has 2 amide bonds. The monoisotopic (exact) mass is 894 g/mol. The molecule has 0 unspecified atom stereocenters. The number of hydrogen-bond acceptors (Lipinski definition) is 10. The van der Waals surface area contributed by atoms with Crippen LogP contribution in [0.2, 0.25) is 55.9 Å². The predicted molar refractivity (Wildman–Crippen MR) is 244 cm³/mol. The molecule has 2 aromatic rings. The minimum absolute atomic E-state index is 0. The van der Waals surface area contributed by atoms with Crippen LogP contribution >= 0.6 is 0 Å². The smallest absolute Gasteiger partial charge is 0.249 e. The summed E-state index contributed by atoms with van der Waals surface area (Å²) < 4.78 is 19.5. The van der Waals surface area contributed by atoms with E-state index >= 15 is 0 Å². The molecule has 336 valence electrons. The first kappa shape index (κ1) is 50.3. The highest BCUT2D eigenvalue weighted by molar-refractivity contribution is 6.74. The van der Waals surface area contributed by atoms with Crippen LogP contribution in [0.15, 0.2) is 85.0 Å². The van der Waals surface area contributed by atoms with Gasteiger partial charge in [-0.25, -0.2) is 10.1 Å². The van der Waals surface area contributed by atoms with Gasteiger partial charge in [-0.3, -0.25) is 28.9 Å². The number of benzene rings is 2. The number of carbonyl (C=O) groups excluding carboxylic acids is 4. The van der Waals surface area contributed by atoms with E-state index in [0.29, 0.717) is 0 Å². The molecule has 6 rings (SSSR count). The maximum Gasteiger partial charge on any atom is 0.249 e. The maximum absolute atomic E-state index is 13.1. The van der Waals surface area contributed by atoms with Crippen molar-refractivity contribution in [3.05, 3.63) is 96.1 Å². The van der Waals surface area contributed by atoms with Gasteiger partial charge in [0, 0.05) is 0 Å². The second-order valence-corrected chi connectivity index (χ2v) is 34.4. The summed E-state index contributed by atoms with van der Waals surface area (Å²) in [6.07, 6.45) is 3.12. The quantitative estimate of drug-likeness (QED) is 0.163. The van der Waals surface area contributed by atoms with Crippen LogP contribution < -0.4 is 0 Å². The normalized spacial score (nSPS) is 26.8. The highest BCUT2D eigenvalue weighted by Gasteiger charge is 2.64. The van der Waals surface area contributed by atoms with Crippen molar-refractivity contribution in [2.24, 2.45) is 0 Å². The predicted octanol–water partition coefficient (Wildman–Crippen LogP) is 8.45. The second-order valence-electron chi connectivity index (χ2n) is 20.4. The number of ketones is 2. The number of β-lactam (4-membered cyclic amide) rings is 2. The Morgan fingerprint density at radius 3 is 1.39 bits per heavy atom. The molecule has 0 bridgehead atoms. The van der Waals surface area contributed by atoms with Crippen molar-refractivity contribution in [2.75, 3.05) is 0 Å². The number of aliphatic hydroxyl groups is 1. The third-order valence-corrected chi connectivity index (χ3v) is 22.5. The Labute approximate surface area is 366 Å². The number of nitrogens with zero attached hydrogens (tertiary/aromatic N) is 2. The van der Waals surface area contributed by atoms with Crippen molar-refractivity contribution in [1.82, 2.24) is 10.1 Å². The van der Waals surface area contributed by atoms with Crippen molar-refractivity contribution in [2.45, 2.75) is 166 Å². The van der Waals surface area contributed by atoms with Gasteiger partial charge in [0.25, 0.3) is 0 Å². The lowest BCUT2D eigenvalue weighted by molar-refractivity contribution is -0.274. The fraction of sp³-hybridized carbons (Fsp3) is 0.565. The van der Waals surface area contributed by atoms with Gasteiger partial charge in [0.2, 0.25) is 11.8 Å². The maximum atomic E-state index is 13.1. The molecule has 15 heteroatoms. The molecule has 2 aliphatic heterocycles. The third-order valence-electron chi connectivity index (χ3n) is 12.6. The van der Waals surface area contributed by atoms with Crippen molar-refractivity contribution < 1.29 is 47.2 Å². The molecule has 2 aliphatic carbocycles. The van der Waals surface area contributed by atoms with E-state index in [2.05, 4.69) is 74.3 Å². The lowest BCUT2D eigenvalue weighted by atomic mass is 9.74. The summed E-state index contributed by atoms with van der Waals surface area (Å²) in [5.41, 5.74) is -0.0217. The molecule has 61 heavy (non-hydrogen) atoms. The van der Waals surface area contributed by atoms with Gasteiger partial charge < -0.3 is 18.4 Å². The summed E-state index contributed by atoms with van der Waals surface area (Å²) in [6, 6.07) is 19.2. The Balaban J connectivity index is 0.000000266. The molecule has 2 fully saturated rings. The Kier molecular flexibility index (Phi) is 15.1.